The van der Waals surface area contributed by atoms with Gasteiger partial charge >= 0.3 is 0 Å². The molecular formula is C24H34N2O4S. The van der Waals surface area contributed by atoms with Crippen LogP contribution in [0, 0.1) is 12.8 Å². The van der Waals surface area contributed by atoms with E-state index in [-0.39, 0.29) is 55.0 Å². The Morgan fingerprint density at radius 2 is 1.48 bits per heavy atom. The fraction of sp³-hybridized carbons (Fsp3) is 0.667. The molecule has 0 aromatic carbocycles. The molecule has 3 heterocycles. The zero-order valence-electron chi connectivity index (χ0n) is 18.6. The standard InChI is InChI=1S/C24H34N2O4S/c1-18-6-10-22(31-18)21(28)9-7-20(27)8-11-23(29)25-16-12-19(13-17-25)24(30)26-14-4-2-3-5-15-26/h6,10,19H,2-5,7-9,11-17H2,1H3. The Bertz CT molecular complexity index is 787. The molecule has 2 saturated heterocycles. The molecule has 0 aliphatic carbocycles. The fourth-order valence-corrected chi connectivity index (χ4v) is 5.25. The summed E-state index contributed by atoms with van der Waals surface area (Å²) in [6.45, 7) is 4.87. The highest BCUT2D eigenvalue weighted by atomic mass is 32.1. The quantitative estimate of drug-likeness (QED) is 0.566. The minimum atomic E-state index is -0.0406. The van der Waals surface area contributed by atoms with Crippen molar-refractivity contribution in [3.63, 3.8) is 0 Å². The Hall–Kier alpha value is -2.02. The highest BCUT2D eigenvalue weighted by Gasteiger charge is 2.30. The number of carbonyl (C=O) groups is 4. The third-order valence-corrected chi connectivity index (χ3v) is 7.42. The van der Waals surface area contributed by atoms with Gasteiger partial charge in [0.2, 0.25) is 11.8 Å². The van der Waals surface area contributed by atoms with Crippen molar-refractivity contribution >= 4 is 34.7 Å². The number of ketones is 2. The van der Waals surface area contributed by atoms with Crippen LogP contribution in [0.4, 0.5) is 0 Å². The summed E-state index contributed by atoms with van der Waals surface area (Å²) in [4.78, 5) is 55.1. The Labute approximate surface area is 189 Å². The first-order chi connectivity index (χ1) is 14.9. The predicted molar refractivity (Wildman–Crippen MR) is 121 cm³/mol. The van der Waals surface area contributed by atoms with Crippen molar-refractivity contribution in [3.8, 4) is 0 Å². The number of rotatable bonds is 8. The van der Waals surface area contributed by atoms with Gasteiger partial charge in [0.05, 0.1) is 4.88 Å². The summed E-state index contributed by atoms with van der Waals surface area (Å²) in [5.41, 5.74) is 0. The van der Waals surface area contributed by atoms with Crippen LogP contribution in [0.1, 0.15) is 78.8 Å². The van der Waals surface area contributed by atoms with E-state index in [4.69, 9.17) is 0 Å². The van der Waals surface area contributed by atoms with Gasteiger partial charge in [0, 0.05) is 62.7 Å². The van der Waals surface area contributed by atoms with Crippen LogP contribution >= 0.6 is 11.3 Å². The topological polar surface area (TPSA) is 74.8 Å². The van der Waals surface area contributed by atoms with Gasteiger partial charge in [0.25, 0.3) is 0 Å². The maximum absolute atomic E-state index is 12.8. The first kappa shape index (κ1) is 23.6. The predicted octanol–water partition coefficient (Wildman–Crippen LogP) is 4.01. The Morgan fingerprint density at radius 1 is 0.839 bits per heavy atom. The molecule has 7 heteroatoms. The van der Waals surface area contributed by atoms with Crippen molar-refractivity contribution in [1.82, 2.24) is 9.80 Å². The average molecular weight is 447 g/mol. The van der Waals surface area contributed by atoms with E-state index in [9.17, 15) is 19.2 Å². The molecule has 0 atom stereocenters. The third kappa shape index (κ3) is 6.99. The maximum atomic E-state index is 12.8. The largest absolute Gasteiger partial charge is 0.343 e. The van der Waals surface area contributed by atoms with Gasteiger partial charge in [-0.1, -0.05) is 12.8 Å². The minimum absolute atomic E-state index is 0.00563. The number of Topliss-reactive ketones (excluding diaryl/α,β-unsaturated/α-hetero) is 2. The monoisotopic (exact) mass is 446 g/mol. The van der Waals surface area contributed by atoms with Gasteiger partial charge < -0.3 is 9.80 Å². The molecule has 2 fully saturated rings. The SMILES string of the molecule is Cc1ccc(C(=O)CCC(=O)CCC(=O)N2CCC(C(=O)N3CCCCCC3)CC2)s1. The Morgan fingerprint density at radius 3 is 2.10 bits per heavy atom. The summed E-state index contributed by atoms with van der Waals surface area (Å²) >= 11 is 1.45. The van der Waals surface area contributed by atoms with Crippen LogP contribution in [-0.4, -0.2) is 59.4 Å². The number of likely N-dealkylation sites (tertiary alicyclic amines) is 2. The molecular weight excluding hydrogens is 412 g/mol. The van der Waals surface area contributed by atoms with E-state index in [0.29, 0.717) is 30.8 Å². The van der Waals surface area contributed by atoms with Crippen molar-refractivity contribution in [1.29, 1.82) is 0 Å². The third-order valence-electron chi connectivity index (χ3n) is 6.38. The maximum Gasteiger partial charge on any atom is 0.225 e. The van der Waals surface area contributed by atoms with Gasteiger partial charge in [-0.15, -0.1) is 11.3 Å². The molecule has 170 valence electrons. The summed E-state index contributed by atoms with van der Waals surface area (Å²) in [6.07, 6.45) is 6.79. The second-order valence-electron chi connectivity index (χ2n) is 8.77. The first-order valence-electron chi connectivity index (χ1n) is 11.6. The van der Waals surface area contributed by atoms with Crippen LogP contribution in [0.5, 0.6) is 0 Å². The molecule has 0 N–H and O–H groups in total. The van der Waals surface area contributed by atoms with E-state index >= 15 is 0 Å². The summed E-state index contributed by atoms with van der Waals surface area (Å²) in [6, 6.07) is 3.71. The molecule has 1 aromatic rings. The number of aryl methyl sites for hydroxylation is 1. The van der Waals surface area contributed by atoms with Gasteiger partial charge in [-0.2, -0.15) is 0 Å². The molecule has 0 unspecified atom stereocenters. The van der Waals surface area contributed by atoms with Crippen LogP contribution in [0.2, 0.25) is 0 Å². The van der Waals surface area contributed by atoms with Crippen molar-refractivity contribution in [2.24, 2.45) is 5.92 Å². The normalized spacial score (nSPS) is 18.0. The van der Waals surface area contributed by atoms with E-state index < -0.39 is 0 Å². The number of piperidine rings is 1. The number of carbonyl (C=O) groups excluding carboxylic acids is 4. The lowest BCUT2D eigenvalue weighted by Crippen LogP contribution is -2.44. The molecule has 6 nitrogen and oxygen atoms in total. The smallest absolute Gasteiger partial charge is 0.225 e. The number of hydrogen-bond donors (Lipinski definition) is 0. The van der Waals surface area contributed by atoms with Crippen molar-refractivity contribution in [2.75, 3.05) is 26.2 Å². The molecule has 1 aromatic heterocycles. The lowest BCUT2D eigenvalue weighted by atomic mass is 9.94. The lowest BCUT2D eigenvalue weighted by molar-refractivity contribution is -0.141. The fourth-order valence-electron chi connectivity index (χ4n) is 4.42. The Balaban J connectivity index is 1.34. The van der Waals surface area contributed by atoms with Crippen molar-refractivity contribution in [3.05, 3.63) is 21.9 Å². The molecule has 0 radical (unpaired) electrons. The number of hydrogen-bond acceptors (Lipinski definition) is 5. The minimum Gasteiger partial charge on any atom is -0.343 e. The van der Waals surface area contributed by atoms with E-state index in [1.807, 2.05) is 17.9 Å². The van der Waals surface area contributed by atoms with Gasteiger partial charge in [-0.25, -0.2) is 0 Å². The molecule has 2 aliphatic heterocycles. The highest BCUT2D eigenvalue weighted by Crippen LogP contribution is 2.23. The van der Waals surface area contributed by atoms with Crippen LogP contribution in [-0.2, 0) is 14.4 Å². The lowest BCUT2D eigenvalue weighted by Gasteiger charge is -2.34. The van der Waals surface area contributed by atoms with E-state index in [1.54, 1.807) is 11.0 Å². The van der Waals surface area contributed by atoms with Crippen molar-refractivity contribution in [2.45, 2.75) is 71.1 Å². The van der Waals surface area contributed by atoms with E-state index in [0.717, 1.165) is 30.8 Å². The first-order valence-corrected chi connectivity index (χ1v) is 12.4. The van der Waals surface area contributed by atoms with Crippen LogP contribution in [0.3, 0.4) is 0 Å². The molecule has 3 rings (SSSR count). The number of nitrogens with zero attached hydrogens (tertiary/aromatic N) is 2. The van der Waals surface area contributed by atoms with Crippen molar-refractivity contribution < 1.29 is 19.2 Å². The van der Waals surface area contributed by atoms with E-state index in [1.165, 1.54) is 24.2 Å². The summed E-state index contributed by atoms with van der Waals surface area (Å²) in [5, 5.41) is 0. The molecule has 31 heavy (non-hydrogen) atoms. The summed E-state index contributed by atoms with van der Waals surface area (Å²) < 4.78 is 0. The molecule has 2 amide bonds. The molecule has 0 bridgehead atoms. The molecule has 0 saturated carbocycles. The molecule has 2 aliphatic rings. The van der Waals surface area contributed by atoms with Gasteiger partial charge in [0.15, 0.2) is 5.78 Å². The number of thiophene rings is 1. The summed E-state index contributed by atoms with van der Waals surface area (Å²) in [7, 11) is 0. The second-order valence-corrected chi connectivity index (χ2v) is 10.1. The zero-order chi connectivity index (χ0) is 22.2. The average Bonchev–Trinajstić information content (AvgIpc) is 3.04. The summed E-state index contributed by atoms with van der Waals surface area (Å²) in [5.74, 6) is 0.217. The van der Waals surface area contributed by atoms with Gasteiger partial charge in [-0.3, -0.25) is 19.2 Å². The van der Waals surface area contributed by atoms with Crippen LogP contribution < -0.4 is 0 Å². The second kappa shape index (κ2) is 11.6. The van der Waals surface area contributed by atoms with Gasteiger partial charge in [0.1, 0.15) is 5.78 Å². The van der Waals surface area contributed by atoms with Crippen LogP contribution in [0.25, 0.3) is 0 Å². The number of amides is 2. The zero-order valence-corrected chi connectivity index (χ0v) is 19.4. The Kier molecular flexibility index (Phi) is 8.81. The highest BCUT2D eigenvalue weighted by molar-refractivity contribution is 7.14. The van der Waals surface area contributed by atoms with E-state index in [2.05, 4.69) is 0 Å². The van der Waals surface area contributed by atoms with Crippen LogP contribution in [0.15, 0.2) is 12.1 Å². The van der Waals surface area contributed by atoms with Gasteiger partial charge in [-0.05, 0) is 44.7 Å². The molecule has 0 spiro atoms.